The first-order chi connectivity index (χ1) is 7.43. The lowest BCUT2D eigenvalue weighted by Crippen LogP contribution is -2.27. The van der Waals surface area contributed by atoms with Gasteiger partial charge in [-0.15, -0.1) is 11.6 Å². The molecule has 96 valence electrons. The van der Waals surface area contributed by atoms with Crippen LogP contribution in [0.4, 0.5) is 0 Å². The first-order valence-corrected chi connectivity index (χ1v) is 7.17. The molecule has 0 aliphatic heterocycles. The topological polar surface area (TPSA) is 69.7 Å². The molecule has 16 heavy (non-hydrogen) atoms. The minimum atomic E-state index is -3.83. The van der Waals surface area contributed by atoms with Gasteiger partial charge in [-0.2, -0.15) is 8.42 Å². The van der Waals surface area contributed by atoms with E-state index in [4.69, 9.17) is 16.3 Å². The SMILES string of the molecule is CCCCCOC(=O)[C@@H](C)OS(=O)(=O)CCl. The van der Waals surface area contributed by atoms with Gasteiger partial charge in [0.2, 0.25) is 0 Å². The zero-order chi connectivity index (χ0) is 12.6. The van der Waals surface area contributed by atoms with Crippen molar-refractivity contribution >= 4 is 27.7 Å². The van der Waals surface area contributed by atoms with Crippen LogP contribution in [-0.4, -0.2) is 32.3 Å². The second-order valence-electron chi connectivity index (χ2n) is 3.28. The Hall–Kier alpha value is -0.330. The van der Waals surface area contributed by atoms with E-state index in [0.29, 0.717) is 0 Å². The Labute approximate surface area is 101 Å². The van der Waals surface area contributed by atoms with E-state index in [1.54, 1.807) is 0 Å². The van der Waals surface area contributed by atoms with Crippen molar-refractivity contribution in [2.75, 3.05) is 11.8 Å². The number of alkyl halides is 1. The first-order valence-electron chi connectivity index (χ1n) is 5.06. The highest BCUT2D eigenvalue weighted by molar-refractivity contribution is 7.87. The summed E-state index contributed by atoms with van der Waals surface area (Å²) in [6.45, 7) is 3.62. The Bertz CT molecular complexity index is 301. The van der Waals surface area contributed by atoms with Crippen molar-refractivity contribution in [3.8, 4) is 0 Å². The molecule has 0 unspecified atom stereocenters. The maximum atomic E-state index is 11.2. The third-order valence-electron chi connectivity index (χ3n) is 1.75. The number of unbranched alkanes of at least 4 members (excludes halogenated alkanes) is 2. The summed E-state index contributed by atoms with van der Waals surface area (Å²) >= 11 is 5.12. The van der Waals surface area contributed by atoms with Gasteiger partial charge in [-0.1, -0.05) is 19.8 Å². The predicted molar refractivity (Wildman–Crippen MR) is 60.7 cm³/mol. The molecule has 5 nitrogen and oxygen atoms in total. The second-order valence-corrected chi connectivity index (χ2v) is 5.46. The number of rotatable bonds is 8. The number of halogens is 1. The van der Waals surface area contributed by atoms with E-state index in [-0.39, 0.29) is 6.61 Å². The average Bonchev–Trinajstić information content (AvgIpc) is 2.23. The van der Waals surface area contributed by atoms with Crippen LogP contribution in [-0.2, 0) is 23.8 Å². The van der Waals surface area contributed by atoms with E-state index < -0.39 is 27.4 Å². The highest BCUT2D eigenvalue weighted by Gasteiger charge is 2.22. The summed E-state index contributed by atoms with van der Waals surface area (Å²) in [4.78, 5) is 11.2. The monoisotopic (exact) mass is 272 g/mol. The molecule has 0 aromatic rings. The highest BCUT2D eigenvalue weighted by atomic mass is 35.5. The van der Waals surface area contributed by atoms with Crippen LogP contribution >= 0.6 is 11.6 Å². The van der Waals surface area contributed by atoms with Gasteiger partial charge in [0.25, 0.3) is 10.1 Å². The molecule has 0 amide bonds. The molecule has 0 aromatic heterocycles. The third kappa shape index (κ3) is 7.03. The quantitative estimate of drug-likeness (QED) is 0.291. The maximum absolute atomic E-state index is 11.2. The molecular formula is C9H17ClO5S. The van der Waals surface area contributed by atoms with Crippen LogP contribution < -0.4 is 0 Å². The van der Waals surface area contributed by atoms with Crippen molar-refractivity contribution in [2.24, 2.45) is 0 Å². The summed E-state index contributed by atoms with van der Waals surface area (Å²) in [5.41, 5.74) is 0. The van der Waals surface area contributed by atoms with E-state index in [9.17, 15) is 13.2 Å². The van der Waals surface area contributed by atoms with Crippen LogP contribution in [0.5, 0.6) is 0 Å². The molecule has 0 bridgehead atoms. The molecule has 7 heteroatoms. The number of hydrogen-bond acceptors (Lipinski definition) is 5. The normalized spacial score (nSPS) is 13.4. The van der Waals surface area contributed by atoms with Gasteiger partial charge >= 0.3 is 5.97 Å². The van der Waals surface area contributed by atoms with Crippen molar-refractivity contribution in [1.82, 2.24) is 0 Å². The Morgan fingerprint density at radius 2 is 2.00 bits per heavy atom. The number of hydrogen-bond donors (Lipinski definition) is 0. The van der Waals surface area contributed by atoms with Crippen LogP contribution in [0.3, 0.4) is 0 Å². The molecule has 0 N–H and O–H groups in total. The molecule has 0 aliphatic carbocycles. The van der Waals surface area contributed by atoms with Gasteiger partial charge in [-0.25, -0.2) is 4.79 Å². The number of carbonyl (C=O) groups excluding carboxylic acids is 1. The van der Waals surface area contributed by atoms with Crippen LogP contribution in [0, 0.1) is 0 Å². The molecule has 0 saturated heterocycles. The summed E-state index contributed by atoms with van der Waals surface area (Å²) in [7, 11) is -3.83. The fourth-order valence-electron chi connectivity index (χ4n) is 0.927. The molecular weight excluding hydrogens is 256 g/mol. The Morgan fingerprint density at radius 1 is 1.38 bits per heavy atom. The third-order valence-corrected chi connectivity index (χ3v) is 3.40. The van der Waals surface area contributed by atoms with Gasteiger partial charge in [0.1, 0.15) is 5.21 Å². The summed E-state index contributed by atoms with van der Waals surface area (Å²) in [6, 6.07) is 0. The van der Waals surface area contributed by atoms with Crippen molar-refractivity contribution in [3.05, 3.63) is 0 Å². The van der Waals surface area contributed by atoms with E-state index >= 15 is 0 Å². The fraction of sp³-hybridized carbons (Fsp3) is 0.889. The van der Waals surface area contributed by atoms with Gasteiger partial charge in [0.05, 0.1) is 6.61 Å². The molecule has 0 rings (SSSR count). The van der Waals surface area contributed by atoms with Gasteiger partial charge in [-0.3, -0.25) is 4.18 Å². The van der Waals surface area contributed by atoms with Crippen molar-refractivity contribution < 1.29 is 22.1 Å². The standard InChI is InChI=1S/C9H17ClO5S/c1-3-4-5-6-14-9(11)8(2)15-16(12,13)7-10/h8H,3-7H2,1-2H3/t8-/m1/s1. The molecule has 0 spiro atoms. The van der Waals surface area contributed by atoms with Crippen molar-refractivity contribution in [2.45, 2.75) is 39.2 Å². The minimum Gasteiger partial charge on any atom is -0.464 e. The average molecular weight is 273 g/mol. The zero-order valence-corrected chi connectivity index (χ0v) is 11.0. The number of carbonyl (C=O) groups is 1. The van der Waals surface area contributed by atoms with Crippen LogP contribution in [0.2, 0.25) is 0 Å². The van der Waals surface area contributed by atoms with E-state index in [1.807, 2.05) is 6.92 Å². The number of ether oxygens (including phenoxy) is 1. The Morgan fingerprint density at radius 3 is 2.50 bits per heavy atom. The van der Waals surface area contributed by atoms with Crippen LogP contribution in [0.1, 0.15) is 33.1 Å². The van der Waals surface area contributed by atoms with Crippen LogP contribution in [0.15, 0.2) is 0 Å². The smallest absolute Gasteiger partial charge is 0.336 e. The fourth-order valence-corrected chi connectivity index (χ4v) is 1.65. The Kier molecular flexibility index (Phi) is 7.70. The molecule has 0 fully saturated rings. The highest BCUT2D eigenvalue weighted by Crippen LogP contribution is 2.04. The molecule has 0 aliphatic rings. The van der Waals surface area contributed by atoms with E-state index in [2.05, 4.69) is 4.18 Å². The predicted octanol–water partition coefficient (Wildman–Crippen LogP) is 1.65. The summed E-state index contributed by atoms with van der Waals surface area (Å²) in [5.74, 6) is -0.690. The van der Waals surface area contributed by atoms with Gasteiger partial charge in [0, 0.05) is 0 Å². The largest absolute Gasteiger partial charge is 0.464 e. The lowest BCUT2D eigenvalue weighted by molar-refractivity contribution is -0.151. The van der Waals surface area contributed by atoms with Gasteiger partial charge in [0.15, 0.2) is 6.10 Å². The molecule has 0 aromatic carbocycles. The van der Waals surface area contributed by atoms with Gasteiger partial charge in [-0.05, 0) is 13.3 Å². The van der Waals surface area contributed by atoms with E-state index in [0.717, 1.165) is 19.3 Å². The molecule has 0 radical (unpaired) electrons. The zero-order valence-electron chi connectivity index (χ0n) is 9.44. The summed E-state index contributed by atoms with van der Waals surface area (Å²) in [5, 5.41) is -0.680. The first kappa shape index (κ1) is 15.7. The molecule has 0 heterocycles. The summed E-state index contributed by atoms with van der Waals surface area (Å²) in [6.07, 6.45) is 1.59. The van der Waals surface area contributed by atoms with Crippen molar-refractivity contribution in [1.29, 1.82) is 0 Å². The van der Waals surface area contributed by atoms with Crippen LogP contribution in [0.25, 0.3) is 0 Å². The molecule has 0 saturated carbocycles. The second kappa shape index (κ2) is 7.86. The molecule has 1 atom stereocenters. The van der Waals surface area contributed by atoms with E-state index in [1.165, 1.54) is 6.92 Å². The number of esters is 1. The lowest BCUT2D eigenvalue weighted by Gasteiger charge is -2.11. The van der Waals surface area contributed by atoms with Crippen molar-refractivity contribution in [3.63, 3.8) is 0 Å². The minimum absolute atomic E-state index is 0.279. The maximum Gasteiger partial charge on any atom is 0.336 e. The Balaban J connectivity index is 3.91. The summed E-state index contributed by atoms with van der Waals surface area (Å²) < 4.78 is 31.2. The van der Waals surface area contributed by atoms with Gasteiger partial charge < -0.3 is 4.74 Å². The lowest BCUT2D eigenvalue weighted by atomic mass is 10.3.